The van der Waals surface area contributed by atoms with Crippen molar-refractivity contribution in [3.05, 3.63) is 0 Å². The van der Waals surface area contributed by atoms with Crippen molar-refractivity contribution in [1.82, 2.24) is 10.2 Å². The van der Waals surface area contributed by atoms with E-state index in [1.54, 1.807) is 6.92 Å². The minimum atomic E-state index is -0.445. The first kappa shape index (κ1) is 14.0. The second-order valence-electron chi connectivity index (χ2n) is 5.76. The maximum atomic E-state index is 11.9. The quantitative estimate of drug-likeness (QED) is 0.593. The Morgan fingerprint density at radius 2 is 2.14 bits per heavy atom. The first-order valence-electron chi connectivity index (χ1n) is 7.08. The molecule has 3 rings (SSSR count). The molecule has 0 unspecified atom stereocenters. The zero-order chi connectivity index (χ0) is 15.0. The Kier molecular flexibility index (Phi) is 3.38. The lowest BCUT2D eigenvalue weighted by Gasteiger charge is -2.46. The van der Waals surface area contributed by atoms with Gasteiger partial charge in [-0.1, -0.05) is 0 Å². The largest absolute Gasteiger partial charge is 0.466 e. The van der Waals surface area contributed by atoms with Crippen LogP contribution < -0.4 is 5.32 Å². The van der Waals surface area contributed by atoms with Crippen LogP contribution in [0.3, 0.4) is 0 Å². The molecule has 1 saturated carbocycles. The van der Waals surface area contributed by atoms with Gasteiger partial charge in [0.2, 0.25) is 0 Å². The number of likely N-dealkylation sites (tertiary alicyclic amines) is 1. The number of rotatable bonds is 3. The summed E-state index contributed by atoms with van der Waals surface area (Å²) in [6, 6.07) is 0. The number of esters is 1. The summed E-state index contributed by atoms with van der Waals surface area (Å²) in [7, 11) is 0. The monoisotopic (exact) mass is 298 g/mol. The fourth-order valence-electron chi connectivity index (χ4n) is 2.81. The highest BCUT2D eigenvalue weighted by molar-refractivity contribution is 5.75. The number of alkyl carbamates (subject to hydrolysis) is 1. The Labute approximate surface area is 121 Å². The number of carbonyl (C=O) groups is 3. The molecule has 3 fully saturated rings. The molecule has 2 saturated heterocycles. The average Bonchev–Trinajstić information content (AvgIpc) is 2.73. The van der Waals surface area contributed by atoms with Gasteiger partial charge in [-0.05, 0) is 19.8 Å². The van der Waals surface area contributed by atoms with Gasteiger partial charge in [-0.25, -0.2) is 9.59 Å². The van der Waals surface area contributed by atoms with Crippen LogP contribution in [0.1, 0.15) is 19.8 Å². The summed E-state index contributed by atoms with van der Waals surface area (Å²) in [6.07, 6.45) is -0.0430. The van der Waals surface area contributed by atoms with E-state index in [1.807, 2.05) is 0 Å². The molecular weight excluding hydrogens is 280 g/mol. The van der Waals surface area contributed by atoms with Crippen LogP contribution in [0.5, 0.6) is 0 Å². The molecule has 0 atom stereocenters. The van der Waals surface area contributed by atoms with Crippen molar-refractivity contribution in [2.24, 2.45) is 5.92 Å². The van der Waals surface area contributed by atoms with E-state index in [4.69, 9.17) is 14.2 Å². The zero-order valence-electron chi connectivity index (χ0n) is 11.8. The third-order valence-corrected chi connectivity index (χ3v) is 4.07. The highest BCUT2D eigenvalue weighted by atomic mass is 16.6. The number of hydrogen-bond acceptors (Lipinski definition) is 6. The summed E-state index contributed by atoms with van der Waals surface area (Å²) in [6.45, 7) is 3.20. The van der Waals surface area contributed by atoms with E-state index in [2.05, 4.69) is 5.32 Å². The van der Waals surface area contributed by atoms with Crippen molar-refractivity contribution in [2.45, 2.75) is 31.4 Å². The van der Waals surface area contributed by atoms with Crippen LogP contribution in [-0.2, 0) is 19.0 Å². The minimum absolute atomic E-state index is 0.159. The highest BCUT2D eigenvalue weighted by Gasteiger charge is 2.52. The third-order valence-electron chi connectivity index (χ3n) is 4.07. The molecule has 0 bridgehead atoms. The summed E-state index contributed by atoms with van der Waals surface area (Å²) in [5.41, 5.74) is -0.441. The molecule has 2 amide bonds. The van der Waals surface area contributed by atoms with E-state index in [0.717, 1.165) is 0 Å². The van der Waals surface area contributed by atoms with E-state index in [-0.39, 0.29) is 24.6 Å². The van der Waals surface area contributed by atoms with Crippen molar-refractivity contribution < 1.29 is 28.6 Å². The molecule has 3 aliphatic rings. The number of ether oxygens (including phenoxy) is 3. The molecular formula is C13H18N2O6. The molecule has 1 aliphatic carbocycles. The van der Waals surface area contributed by atoms with Gasteiger partial charge in [-0.3, -0.25) is 4.79 Å². The van der Waals surface area contributed by atoms with Crippen molar-refractivity contribution in [1.29, 1.82) is 0 Å². The van der Waals surface area contributed by atoms with Crippen LogP contribution in [0.15, 0.2) is 0 Å². The molecule has 116 valence electrons. The van der Waals surface area contributed by atoms with Gasteiger partial charge in [0, 0.05) is 0 Å². The Morgan fingerprint density at radius 3 is 2.71 bits per heavy atom. The van der Waals surface area contributed by atoms with Crippen molar-refractivity contribution in [3.63, 3.8) is 0 Å². The molecule has 1 spiro atoms. The average molecular weight is 298 g/mol. The maximum absolute atomic E-state index is 11.9. The van der Waals surface area contributed by atoms with Crippen molar-refractivity contribution >= 4 is 18.2 Å². The van der Waals surface area contributed by atoms with E-state index in [0.29, 0.717) is 32.5 Å². The van der Waals surface area contributed by atoms with Gasteiger partial charge in [0.05, 0.1) is 25.6 Å². The van der Waals surface area contributed by atoms with E-state index in [9.17, 15) is 14.4 Å². The lowest BCUT2D eigenvalue weighted by molar-refractivity contribution is -0.155. The van der Waals surface area contributed by atoms with Crippen LogP contribution in [0.2, 0.25) is 0 Å². The smallest absolute Gasteiger partial charge is 0.410 e. The van der Waals surface area contributed by atoms with E-state index >= 15 is 0 Å². The normalized spacial score (nSPS) is 29.0. The second kappa shape index (κ2) is 5.09. The number of amides is 2. The first-order valence-corrected chi connectivity index (χ1v) is 7.08. The number of hydrogen-bond donors (Lipinski definition) is 1. The second-order valence-corrected chi connectivity index (χ2v) is 5.76. The van der Waals surface area contributed by atoms with E-state index < -0.39 is 17.7 Å². The van der Waals surface area contributed by atoms with Crippen LogP contribution in [-0.4, -0.2) is 61.0 Å². The zero-order valence-corrected chi connectivity index (χ0v) is 11.8. The van der Waals surface area contributed by atoms with Gasteiger partial charge in [-0.15, -0.1) is 0 Å². The molecule has 21 heavy (non-hydrogen) atoms. The Hall–Kier alpha value is -1.99. The molecule has 0 aromatic carbocycles. The van der Waals surface area contributed by atoms with Crippen molar-refractivity contribution in [3.8, 4) is 0 Å². The molecule has 0 aromatic heterocycles. The lowest BCUT2D eigenvalue weighted by atomic mass is 9.82. The fourth-order valence-corrected chi connectivity index (χ4v) is 2.81. The number of nitrogens with zero attached hydrogens (tertiary/aromatic N) is 1. The summed E-state index contributed by atoms with van der Waals surface area (Å²) in [5, 5.41) is 2.70. The van der Waals surface area contributed by atoms with Gasteiger partial charge < -0.3 is 24.4 Å². The SMILES string of the molecule is CCOC(=O)[C@H]1C[C@H](OC(=O)N2CC3(COC(=O)N3)C2)C1. The highest BCUT2D eigenvalue weighted by Crippen LogP contribution is 2.33. The predicted octanol–water partition coefficient (Wildman–Crippen LogP) is 0.259. The first-order chi connectivity index (χ1) is 10.0. The molecule has 2 aliphatic heterocycles. The topological polar surface area (TPSA) is 94.2 Å². The number of cyclic esters (lactones) is 1. The Morgan fingerprint density at radius 1 is 1.43 bits per heavy atom. The van der Waals surface area contributed by atoms with Gasteiger partial charge in [0.25, 0.3) is 0 Å². The minimum Gasteiger partial charge on any atom is -0.466 e. The number of nitrogens with one attached hydrogen (secondary N) is 1. The van der Waals surface area contributed by atoms with Crippen LogP contribution in [0.4, 0.5) is 9.59 Å². The number of carbonyl (C=O) groups excluding carboxylic acids is 3. The molecule has 2 heterocycles. The van der Waals surface area contributed by atoms with Crippen LogP contribution >= 0.6 is 0 Å². The van der Waals surface area contributed by atoms with Gasteiger partial charge in [0.1, 0.15) is 18.2 Å². The van der Waals surface area contributed by atoms with Crippen molar-refractivity contribution in [2.75, 3.05) is 26.3 Å². The molecule has 0 radical (unpaired) electrons. The molecule has 8 nitrogen and oxygen atoms in total. The fraction of sp³-hybridized carbons (Fsp3) is 0.769. The maximum Gasteiger partial charge on any atom is 0.410 e. The van der Waals surface area contributed by atoms with Gasteiger partial charge in [-0.2, -0.15) is 0 Å². The molecule has 1 N–H and O–H groups in total. The summed E-state index contributed by atoms with van der Waals surface area (Å²) < 4.78 is 15.0. The third kappa shape index (κ3) is 2.62. The van der Waals surface area contributed by atoms with Crippen LogP contribution in [0, 0.1) is 5.92 Å². The molecule has 0 aromatic rings. The van der Waals surface area contributed by atoms with Gasteiger partial charge >= 0.3 is 18.2 Å². The predicted molar refractivity (Wildman–Crippen MR) is 68.4 cm³/mol. The lowest BCUT2D eigenvalue weighted by Crippen LogP contribution is -2.70. The summed E-state index contributed by atoms with van der Waals surface area (Å²) >= 11 is 0. The van der Waals surface area contributed by atoms with E-state index in [1.165, 1.54) is 4.90 Å². The standard InChI is InChI=1S/C13H18N2O6/c1-2-19-10(16)8-3-9(4-8)21-12(18)15-5-13(6-15)7-20-11(17)14-13/h8-9H,2-7H2,1H3,(H,14,17)/t8-,9-. The van der Waals surface area contributed by atoms with Crippen LogP contribution in [0.25, 0.3) is 0 Å². The molecule has 8 heteroatoms. The van der Waals surface area contributed by atoms with Gasteiger partial charge in [0.15, 0.2) is 0 Å². The Bertz CT molecular complexity index is 467. The summed E-state index contributed by atoms with van der Waals surface area (Å²) in [5.74, 6) is -0.383. The Balaban J connectivity index is 1.37. The summed E-state index contributed by atoms with van der Waals surface area (Å²) in [4.78, 5) is 35.8.